The zero-order valence-electron chi connectivity index (χ0n) is 15.2. The van der Waals surface area contributed by atoms with Gasteiger partial charge in [-0.25, -0.2) is 0 Å². The second kappa shape index (κ2) is 6.26. The second-order valence-corrected chi connectivity index (χ2v) is 8.80. The first-order valence-corrected chi connectivity index (χ1v) is 10.2. The molecule has 1 N–H and O–H groups in total. The van der Waals surface area contributed by atoms with E-state index in [1.807, 2.05) is 23.1 Å². The van der Waals surface area contributed by atoms with Crippen LogP contribution in [0.15, 0.2) is 28.7 Å². The number of likely N-dealkylation sites (tertiary alicyclic amines) is 1. The number of fused-ring (bicyclic) bond motifs is 1. The van der Waals surface area contributed by atoms with Gasteiger partial charge in [-0.15, -0.1) is 0 Å². The van der Waals surface area contributed by atoms with Crippen molar-refractivity contribution >= 4 is 34.4 Å². The summed E-state index contributed by atoms with van der Waals surface area (Å²) in [7, 11) is 0. The minimum atomic E-state index is -0.0781. The van der Waals surface area contributed by atoms with Gasteiger partial charge in [0.1, 0.15) is 11.3 Å². The first kappa shape index (κ1) is 17.1. The molecule has 0 unspecified atom stereocenters. The lowest BCUT2D eigenvalue weighted by Gasteiger charge is -2.46. The first-order valence-electron chi connectivity index (χ1n) is 9.80. The van der Waals surface area contributed by atoms with E-state index in [1.54, 1.807) is 0 Å². The van der Waals surface area contributed by atoms with Crippen molar-refractivity contribution in [3.8, 4) is 0 Å². The number of carbonyl (C=O) groups excluding carboxylic acids is 2. The molecular formula is C21H23ClN2O3. The summed E-state index contributed by atoms with van der Waals surface area (Å²) in [4.78, 5) is 26.3. The second-order valence-electron chi connectivity index (χ2n) is 8.36. The molecule has 5 rings (SSSR count). The third-order valence-electron chi connectivity index (χ3n) is 6.57. The number of piperidine rings is 1. The number of nitrogens with one attached hydrogen (secondary N) is 1. The van der Waals surface area contributed by atoms with Crippen LogP contribution in [0.3, 0.4) is 0 Å². The van der Waals surface area contributed by atoms with E-state index in [-0.39, 0.29) is 23.3 Å². The third kappa shape index (κ3) is 3.02. The van der Waals surface area contributed by atoms with Crippen LogP contribution in [0.1, 0.15) is 50.2 Å². The molecule has 5 nitrogen and oxygen atoms in total. The highest BCUT2D eigenvalue weighted by Crippen LogP contribution is 2.45. The van der Waals surface area contributed by atoms with Gasteiger partial charge in [0.2, 0.25) is 11.8 Å². The summed E-state index contributed by atoms with van der Waals surface area (Å²) in [5.41, 5.74) is 0.789. The SMILES string of the molecule is O=C1CCC2(CC(C(=O)N3CCC(c4cc5cc(Cl)ccc5o4)CC3)C2)N1. The Morgan fingerprint density at radius 3 is 2.70 bits per heavy atom. The Labute approximate surface area is 163 Å². The summed E-state index contributed by atoms with van der Waals surface area (Å²) >= 11 is 6.06. The fourth-order valence-corrected chi connectivity index (χ4v) is 5.20. The van der Waals surface area contributed by atoms with Crippen LogP contribution in [0.25, 0.3) is 11.0 Å². The molecule has 0 atom stereocenters. The largest absolute Gasteiger partial charge is 0.461 e. The average Bonchev–Trinajstić information content (AvgIpc) is 3.23. The lowest BCUT2D eigenvalue weighted by Crippen LogP contribution is -2.57. The van der Waals surface area contributed by atoms with Crippen LogP contribution in [-0.4, -0.2) is 35.3 Å². The quantitative estimate of drug-likeness (QED) is 0.852. The molecule has 1 aliphatic carbocycles. The molecule has 3 aliphatic rings. The molecule has 1 saturated carbocycles. The van der Waals surface area contributed by atoms with E-state index < -0.39 is 0 Å². The van der Waals surface area contributed by atoms with E-state index in [0.29, 0.717) is 17.4 Å². The molecule has 0 radical (unpaired) electrons. The normalized spacial score (nSPS) is 28.6. The number of benzene rings is 1. The number of rotatable bonds is 2. The summed E-state index contributed by atoms with van der Waals surface area (Å²) in [5.74, 6) is 1.82. The van der Waals surface area contributed by atoms with Crippen molar-refractivity contribution in [2.45, 2.75) is 50.0 Å². The van der Waals surface area contributed by atoms with Gasteiger partial charge in [0.05, 0.1) is 0 Å². The Bertz CT molecular complexity index is 907. The molecule has 1 aromatic heterocycles. The summed E-state index contributed by atoms with van der Waals surface area (Å²) in [6.45, 7) is 1.55. The number of amides is 2. The van der Waals surface area contributed by atoms with E-state index in [4.69, 9.17) is 16.0 Å². The predicted octanol–water partition coefficient (Wildman–Crippen LogP) is 3.85. The van der Waals surface area contributed by atoms with Gasteiger partial charge in [-0.1, -0.05) is 11.6 Å². The topological polar surface area (TPSA) is 62.6 Å². The zero-order chi connectivity index (χ0) is 18.6. The summed E-state index contributed by atoms with van der Waals surface area (Å²) < 4.78 is 6.01. The van der Waals surface area contributed by atoms with Gasteiger partial charge >= 0.3 is 0 Å². The van der Waals surface area contributed by atoms with E-state index in [0.717, 1.165) is 61.9 Å². The fourth-order valence-electron chi connectivity index (χ4n) is 5.02. The molecule has 3 heterocycles. The average molecular weight is 387 g/mol. The van der Waals surface area contributed by atoms with Gasteiger partial charge in [-0.3, -0.25) is 9.59 Å². The molecule has 6 heteroatoms. The van der Waals surface area contributed by atoms with Crippen LogP contribution in [0.2, 0.25) is 5.02 Å². The fraction of sp³-hybridized carbons (Fsp3) is 0.524. The van der Waals surface area contributed by atoms with Gasteiger partial charge < -0.3 is 14.6 Å². The number of halogens is 1. The maximum Gasteiger partial charge on any atom is 0.225 e. The van der Waals surface area contributed by atoms with Crippen LogP contribution in [-0.2, 0) is 9.59 Å². The Kier molecular flexibility index (Phi) is 3.97. The van der Waals surface area contributed by atoms with Gasteiger partial charge in [-0.2, -0.15) is 0 Å². The van der Waals surface area contributed by atoms with Crippen LogP contribution >= 0.6 is 11.6 Å². The highest BCUT2D eigenvalue weighted by molar-refractivity contribution is 6.31. The molecule has 3 fully saturated rings. The Balaban J connectivity index is 1.19. The molecule has 1 aromatic carbocycles. The molecular weight excluding hydrogens is 364 g/mol. The standard InChI is InChI=1S/C21H23ClN2O3/c22-16-1-2-17-14(9-16)10-18(27-17)13-4-7-24(8-5-13)20(26)15-11-21(12-15)6-3-19(25)23-21/h1-2,9-10,13,15H,3-8,11-12H2,(H,23,25). The number of hydrogen-bond acceptors (Lipinski definition) is 3. The highest BCUT2D eigenvalue weighted by atomic mass is 35.5. The van der Waals surface area contributed by atoms with Gasteiger partial charge in [-0.05, 0) is 56.4 Å². The van der Waals surface area contributed by atoms with E-state index >= 15 is 0 Å². The van der Waals surface area contributed by atoms with Crippen molar-refractivity contribution in [1.82, 2.24) is 10.2 Å². The van der Waals surface area contributed by atoms with E-state index in [9.17, 15) is 9.59 Å². The number of hydrogen-bond donors (Lipinski definition) is 1. The zero-order valence-corrected chi connectivity index (χ0v) is 15.9. The molecule has 0 bridgehead atoms. The van der Waals surface area contributed by atoms with Crippen LogP contribution in [0, 0.1) is 5.92 Å². The number of nitrogens with zero attached hydrogens (tertiary/aromatic N) is 1. The first-order chi connectivity index (χ1) is 13.0. The monoisotopic (exact) mass is 386 g/mol. The minimum absolute atomic E-state index is 0.0771. The van der Waals surface area contributed by atoms with Crippen molar-refractivity contribution in [3.05, 3.63) is 35.0 Å². The molecule has 2 saturated heterocycles. The number of furan rings is 1. The lowest BCUT2D eigenvalue weighted by atomic mass is 9.67. The molecule has 1 spiro atoms. The Morgan fingerprint density at radius 2 is 2.00 bits per heavy atom. The molecule has 2 amide bonds. The predicted molar refractivity (Wildman–Crippen MR) is 103 cm³/mol. The van der Waals surface area contributed by atoms with Crippen molar-refractivity contribution in [1.29, 1.82) is 0 Å². The molecule has 2 aromatic rings. The van der Waals surface area contributed by atoms with Crippen molar-refractivity contribution < 1.29 is 14.0 Å². The Hall–Kier alpha value is -2.01. The number of carbonyl (C=O) groups is 2. The van der Waals surface area contributed by atoms with Gasteiger partial charge in [0.15, 0.2) is 0 Å². The van der Waals surface area contributed by atoms with E-state index in [2.05, 4.69) is 11.4 Å². The van der Waals surface area contributed by atoms with E-state index in [1.165, 1.54) is 0 Å². The smallest absolute Gasteiger partial charge is 0.225 e. The highest BCUT2D eigenvalue weighted by Gasteiger charge is 2.51. The summed E-state index contributed by atoms with van der Waals surface area (Å²) in [6.07, 6.45) is 4.95. The van der Waals surface area contributed by atoms with Crippen molar-refractivity contribution in [2.24, 2.45) is 5.92 Å². The third-order valence-corrected chi connectivity index (χ3v) is 6.80. The van der Waals surface area contributed by atoms with Gasteiger partial charge in [0, 0.05) is 47.3 Å². The summed E-state index contributed by atoms with van der Waals surface area (Å²) in [6, 6.07) is 7.77. The maximum atomic E-state index is 12.8. The minimum Gasteiger partial charge on any atom is -0.461 e. The lowest BCUT2D eigenvalue weighted by molar-refractivity contribution is -0.143. The molecule has 2 aliphatic heterocycles. The molecule has 142 valence electrons. The van der Waals surface area contributed by atoms with Crippen molar-refractivity contribution in [2.75, 3.05) is 13.1 Å². The van der Waals surface area contributed by atoms with Crippen molar-refractivity contribution in [3.63, 3.8) is 0 Å². The Morgan fingerprint density at radius 1 is 1.22 bits per heavy atom. The molecule has 27 heavy (non-hydrogen) atoms. The van der Waals surface area contributed by atoms with Gasteiger partial charge in [0.25, 0.3) is 0 Å². The maximum absolute atomic E-state index is 12.8. The van der Waals surface area contributed by atoms with Crippen LogP contribution in [0.4, 0.5) is 0 Å². The summed E-state index contributed by atoms with van der Waals surface area (Å²) in [5, 5.41) is 4.82. The van der Waals surface area contributed by atoms with Crippen LogP contribution in [0.5, 0.6) is 0 Å². The van der Waals surface area contributed by atoms with Crippen LogP contribution < -0.4 is 5.32 Å².